The molecule has 0 atom stereocenters. The number of carbonyl (C=O) groups is 1. The molecular weight excluding hydrogens is 334 g/mol. The third kappa shape index (κ3) is 5.06. The van der Waals surface area contributed by atoms with Gasteiger partial charge >= 0.3 is 11.8 Å². The molecule has 2 aromatic rings. The van der Waals surface area contributed by atoms with Crippen LogP contribution in [0.1, 0.15) is 11.1 Å². The predicted octanol–water partition coefficient (Wildman–Crippen LogP) is 3.58. The molecule has 0 spiro atoms. The summed E-state index contributed by atoms with van der Waals surface area (Å²) in [6.07, 6.45) is 5.06. The van der Waals surface area contributed by atoms with E-state index >= 15 is 0 Å². The van der Waals surface area contributed by atoms with Gasteiger partial charge in [0.2, 0.25) is 0 Å². The Hall–Kier alpha value is -2.93. The number of amides is 1. The molecule has 7 nitrogen and oxygen atoms in total. The van der Waals surface area contributed by atoms with E-state index in [1.54, 1.807) is 12.2 Å². The molecule has 0 saturated heterocycles. The summed E-state index contributed by atoms with van der Waals surface area (Å²) in [5, 5.41) is 13.3. The summed E-state index contributed by atoms with van der Waals surface area (Å²) in [6.45, 7) is 0.365. The van der Waals surface area contributed by atoms with E-state index in [1.165, 1.54) is 6.20 Å². The molecule has 1 amide bonds. The summed E-state index contributed by atoms with van der Waals surface area (Å²) in [5.41, 5.74) is 1.01. The van der Waals surface area contributed by atoms with E-state index < -0.39 is 11.0 Å². The zero-order chi connectivity index (χ0) is 17.4. The third-order valence-corrected chi connectivity index (χ3v) is 3.37. The standard InChI is InChI=1S/C16H14ClN3O4/c17-15-13(9-18-10-14(15)20(22)23)7-4-8-19-16(21)24-11-12-5-2-1-3-6-12/h1-7,9-10H,8,11H2,(H,19,21). The third-order valence-electron chi connectivity index (χ3n) is 2.96. The fraction of sp³-hybridized carbons (Fsp3) is 0.125. The summed E-state index contributed by atoms with van der Waals surface area (Å²) in [7, 11) is 0. The van der Waals surface area contributed by atoms with Gasteiger partial charge in [-0.3, -0.25) is 15.1 Å². The van der Waals surface area contributed by atoms with Crippen molar-refractivity contribution in [3.05, 3.63) is 75.1 Å². The van der Waals surface area contributed by atoms with E-state index in [4.69, 9.17) is 16.3 Å². The first kappa shape index (κ1) is 17.4. The van der Waals surface area contributed by atoms with E-state index in [0.717, 1.165) is 11.8 Å². The van der Waals surface area contributed by atoms with Crippen molar-refractivity contribution < 1.29 is 14.5 Å². The van der Waals surface area contributed by atoms with Crippen LogP contribution in [0, 0.1) is 10.1 Å². The van der Waals surface area contributed by atoms with Crippen LogP contribution in [-0.4, -0.2) is 22.5 Å². The molecule has 8 heteroatoms. The molecule has 1 aromatic carbocycles. The first-order chi connectivity index (χ1) is 11.6. The van der Waals surface area contributed by atoms with Crippen LogP contribution in [0.5, 0.6) is 0 Å². The van der Waals surface area contributed by atoms with E-state index in [2.05, 4.69) is 10.3 Å². The summed E-state index contributed by atoms with van der Waals surface area (Å²) in [4.78, 5) is 25.5. The van der Waals surface area contributed by atoms with E-state index in [9.17, 15) is 14.9 Å². The number of halogens is 1. The van der Waals surface area contributed by atoms with Gasteiger partial charge in [0.05, 0.1) is 4.92 Å². The lowest BCUT2D eigenvalue weighted by molar-refractivity contribution is -0.385. The van der Waals surface area contributed by atoms with Crippen LogP contribution in [0.25, 0.3) is 6.08 Å². The maximum absolute atomic E-state index is 11.5. The smallest absolute Gasteiger partial charge is 0.407 e. The van der Waals surface area contributed by atoms with Gasteiger partial charge in [0, 0.05) is 18.3 Å². The molecule has 0 radical (unpaired) electrons. The zero-order valence-corrected chi connectivity index (χ0v) is 13.3. The van der Waals surface area contributed by atoms with Crippen LogP contribution in [-0.2, 0) is 11.3 Å². The highest BCUT2D eigenvalue weighted by Gasteiger charge is 2.14. The van der Waals surface area contributed by atoms with Crippen LogP contribution >= 0.6 is 11.6 Å². The Morgan fingerprint density at radius 2 is 2.08 bits per heavy atom. The molecule has 0 fully saturated rings. The van der Waals surface area contributed by atoms with Gasteiger partial charge in [0.25, 0.3) is 0 Å². The summed E-state index contributed by atoms with van der Waals surface area (Å²) in [5.74, 6) is 0. The molecule has 0 saturated carbocycles. The normalized spacial score (nSPS) is 10.5. The lowest BCUT2D eigenvalue weighted by Crippen LogP contribution is -2.24. The number of benzene rings is 1. The molecule has 0 aliphatic rings. The van der Waals surface area contributed by atoms with Crippen LogP contribution < -0.4 is 5.32 Å². The highest BCUT2D eigenvalue weighted by Crippen LogP contribution is 2.27. The van der Waals surface area contributed by atoms with Gasteiger partial charge in [-0.2, -0.15) is 0 Å². The lowest BCUT2D eigenvalue weighted by Gasteiger charge is -2.05. The summed E-state index contributed by atoms with van der Waals surface area (Å²) < 4.78 is 5.04. The van der Waals surface area contributed by atoms with E-state index in [1.807, 2.05) is 30.3 Å². The number of nitrogens with zero attached hydrogens (tertiary/aromatic N) is 2. The van der Waals surface area contributed by atoms with Gasteiger partial charge in [-0.15, -0.1) is 0 Å². The first-order valence-corrected chi connectivity index (χ1v) is 7.34. The quantitative estimate of drug-likeness (QED) is 0.636. The summed E-state index contributed by atoms with van der Waals surface area (Å²) >= 11 is 5.92. The topological polar surface area (TPSA) is 94.4 Å². The predicted molar refractivity (Wildman–Crippen MR) is 89.6 cm³/mol. The molecule has 1 N–H and O–H groups in total. The second-order valence-electron chi connectivity index (χ2n) is 4.66. The first-order valence-electron chi connectivity index (χ1n) is 6.97. The molecule has 0 aliphatic carbocycles. The van der Waals surface area contributed by atoms with Gasteiger partial charge in [0.15, 0.2) is 0 Å². The monoisotopic (exact) mass is 347 g/mol. The number of aromatic nitrogens is 1. The van der Waals surface area contributed by atoms with Gasteiger partial charge in [-0.05, 0) is 5.56 Å². The lowest BCUT2D eigenvalue weighted by atomic mass is 10.2. The number of hydrogen-bond donors (Lipinski definition) is 1. The number of hydrogen-bond acceptors (Lipinski definition) is 5. The number of nitro groups is 1. The molecule has 2 rings (SSSR count). The van der Waals surface area contributed by atoms with Crippen LogP contribution in [0.15, 0.2) is 48.8 Å². The fourth-order valence-corrected chi connectivity index (χ4v) is 2.02. The Labute approximate surface area is 143 Å². The van der Waals surface area contributed by atoms with Crippen molar-refractivity contribution in [3.63, 3.8) is 0 Å². The number of nitrogens with one attached hydrogen (secondary N) is 1. The second-order valence-corrected chi connectivity index (χ2v) is 5.04. The molecule has 24 heavy (non-hydrogen) atoms. The SMILES string of the molecule is O=C(NCC=Cc1cncc([N+](=O)[O-])c1Cl)OCc1ccccc1. The number of ether oxygens (including phenoxy) is 1. The zero-order valence-electron chi connectivity index (χ0n) is 12.5. The Morgan fingerprint density at radius 3 is 2.79 bits per heavy atom. The van der Waals surface area contributed by atoms with Gasteiger partial charge < -0.3 is 10.1 Å². The second kappa shape index (κ2) is 8.64. The molecule has 0 aliphatic heterocycles. The summed E-state index contributed by atoms with van der Waals surface area (Å²) in [6, 6.07) is 9.30. The highest BCUT2D eigenvalue weighted by molar-refractivity contribution is 6.34. The maximum Gasteiger partial charge on any atom is 0.407 e. The Kier molecular flexibility index (Phi) is 6.27. The minimum Gasteiger partial charge on any atom is -0.445 e. The number of pyridine rings is 1. The Balaban J connectivity index is 1.81. The van der Waals surface area contributed by atoms with Crippen molar-refractivity contribution in [1.29, 1.82) is 0 Å². The Bertz CT molecular complexity index is 750. The molecule has 124 valence electrons. The van der Waals surface area contributed by atoms with Crippen molar-refractivity contribution in [2.24, 2.45) is 0 Å². The van der Waals surface area contributed by atoms with Gasteiger partial charge in [0.1, 0.15) is 17.8 Å². The molecule has 1 heterocycles. The molecule has 1 aromatic heterocycles. The number of alkyl carbamates (subject to hydrolysis) is 1. The molecule has 0 unspecified atom stereocenters. The Morgan fingerprint density at radius 1 is 1.33 bits per heavy atom. The number of carbonyl (C=O) groups excluding carboxylic acids is 1. The van der Waals surface area contributed by atoms with Crippen molar-refractivity contribution in [1.82, 2.24) is 10.3 Å². The fourth-order valence-electron chi connectivity index (χ4n) is 1.80. The van der Waals surface area contributed by atoms with Crippen LogP contribution in [0.4, 0.5) is 10.5 Å². The van der Waals surface area contributed by atoms with Gasteiger partial charge in [-0.25, -0.2) is 4.79 Å². The van der Waals surface area contributed by atoms with Crippen molar-refractivity contribution in [2.45, 2.75) is 6.61 Å². The minimum absolute atomic E-state index is 0.00194. The van der Waals surface area contributed by atoms with Crippen molar-refractivity contribution in [2.75, 3.05) is 6.54 Å². The largest absolute Gasteiger partial charge is 0.445 e. The van der Waals surface area contributed by atoms with Crippen LogP contribution in [0.2, 0.25) is 5.02 Å². The van der Waals surface area contributed by atoms with E-state index in [-0.39, 0.29) is 23.9 Å². The van der Waals surface area contributed by atoms with Gasteiger partial charge in [-0.1, -0.05) is 54.1 Å². The van der Waals surface area contributed by atoms with Crippen molar-refractivity contribution >= 4 is 29.5 Å². The molecule has 0 bridgehead atoms. The number of rotatable bonds is 6. The van der Waals surface area contributed by atoms with Crippen LogP contribution in [0.3, 0.4) is 0 Å². The van der Waals surface area contributed by atoms with Crippen molar-refractivity contribution in [3.8, 4) is 0 Å². The average Bonchev–Trinajstić information content (AvgIpc) is 2.58. The average molecular weight is 348 g/mol. The molecular formula is C16H14ClN3O4. The highest BCUT2D eigenvalue weighted by atomic mass is 35.5. The van der Waals surface area contributed by atoms with E-state index in [0.29, 0.717) is 5.56 Å². The minimum atomic E-state index is -0.605. The maximum atomic E-state index is 11.5.